The summed E-state index contributed by atoms with van der Waals surface area (Å²) >= 11 is 4.91. The highest BCUT2D eigenvalue weighted by atomic mass is 79.9. The first-order chi connectivity index (χ1) is 10.7. The van der Waals surface area contributed by atoms with E-state index in [2.05, 4.69) is 26.1 Å². The number of carbonyl (C=O) groups excluding carboxylic acids is 1. The van der Waals surface area contributed by atoms with Gasteiger partial charge in [-0.1, -0.05) is 21.1 Å². The van der Waals surface area contributed by atoms with E-state index in [0.717, 1.165) is 15.6 Å². The number of esters is 1. The molecule has 0 N–H and O–H groups in total. The predicted molar refractivity (Wildman–Crippen MR) is 85.3 cm³/mol. The Morgan fingerprint density at radius 1 is 1.27 bits per heavy atom. The van der Waals surface area contributed by atoms with Gasteiger partial charge in [0, 0.05) is 10.0 Å². The van der Waals surface area contributed by atoms with E-state index in [4.69, 9.17) is 9.26 Å². The summed E-state index contributed by atoms with van der Waals surface area (Å²) in [6.45, 7) is -0.0213. The second-order valence-electron chi connectivity index (χ2n) is 4.49. The normalized spacial score (nSPS) is 10.6. The zero-order valence-electron chi connectivity index (χ0n) is 11.4. The summed E-state index contributed by atoms with van der Waals surface area (Å²) in [5, 5.41) is 7.72. The molecule has 0 fully saturated rings. The van der Waals surface area contributed by atoms with Crippen LogP contribution in [0, 0.1) is 0 Å². The van der Waals surface area contributed by atoms with Crippen LogP contribution in [0.25, 0.3) is 11.4 Å². The maximum atomic E-state index is 11.7. The molecule has 7 heteroatoms. The van der Waals surface area contributed by atoms with Crippen molar-refractivity contribution in [3.05, 3.63) is 57.0 Å². The molecular formula is C15H11BrN2O3S. The van der Waals surface area contributed by atoms with E-state index in [1.807, 2.05) is 41.1 Å². The van der Waals surface area contributed by atoms with Gasteiger partial charge in [-0.25, -0.2) is 0 Å². The van der Waals surface area contributed by atoms with E-state index < -0.39 is 0 Å². The molecule has 3 aromatic rings. The zero-order valence-corrected chi connectivity index (χ0v) is 13.8. The molecule has 0 atom stereocenters. The number of rotatable bonds is 5. The number of aromatic nitrogens is 2. The molecule has 5 nitrogen and oxygen atoms in total. The molecule has 112 valence electrons. The highest BCUT2D eigenvalue weighted by Crippen LogP contribution is 2.19. The minimum absolute atomic E-state index is 0.0213. The number of halogens is 1. The van der Waals surface area contributed by atoms with Crippen molar-refractivity contribution in [2.24, 2.45) is 0 Å². The van der Waals surface area contributed by atoms with Crippen LogP contribution in [-0.4, -0.2) is 16.1 Å². The molecular weight excluding hydrogens is 368 g/mol. The number of thiophene rings is 1. The van der Waals surface area contributed by atoms with E-state index in [1.165, 1.54) is 0 Å². The third-order valence-electron chi connectivity index (χ3n) is 2.86. The quantitative estimate of drug-likeness (QED) is 0.630. The van der Waals surface area contributed by atoms with Gasteiger partial charge in [-0.3, -0.25) is 4.79 Å². The third-order valence-corrected chi connectivity index (χ3v) is 4.12. The van der Waals surface area contributed by atoms with Crippen LogP contribution in [0.2, 0.25) is 0 Å². The summed E-state index contributed by atoms with van der Waals surface area (Å²) in [6, 6.07) is 9.44. The molecule has 22 heavy (non-hydrogen) atoms. The first-order valence-electron chi connectivity index (χ1n) is 6.46. The van der Waals surface area contributed by atoms with E-state index in [-0.39, 0.29) is 24.9 Å². The molecule has 0 aliphatic heterocycles. The topological polar surface area (TPSA) is 65.2 Å². The lowest BCUT2D eigenvalue weighted by Crippen LogP contribution is -2.07. The Hall–Kier alpha value is -1.99. The van der Waals surface area contributed by atoms with Gasteiger partial charge >= 0.3 is 5.97 Å². The molecule has 0 radical (unpaired) electrons. The Labute approximate surface area is 139 Å². The number of hydrogen-bond acceptors (Lipinski definition) is 6. The van der Waals surface area contributed by atoms with Gasteiger partial charge < -0.3 is 9.26 Å². The second-order valence-corrected chi connectivity index (χ2v) is 6.18. The molecule has 0 amide bonds. The predicted octanol–water partition coefficient (Wildman–Crippen LogP) is 3.85. The monoisotopic (exact) mass is 378 g/mol. The number of carbonyl (C=O) groups is 1. The summed E-state index contributed by atoms with van der Waals surface area (Å²) in [6.07, 6.45) is 0.247. The molecule has 1 aromatic carbocycles. The second kappa shape index (κ2) is 6.85. The van der Waals surface area contributed by atoms with Crippen LogP contribution in [0.4, 0.5) is 0 Å². The van der Waals surface area contributed by atoms with Crippen molar-refractivity contribution in [3.8, 4) is 11.4 Å². The van der Waals surface area contributed by atoms with Crippen LogP contribution >= 0.6 is 27.3 Å². The first kappa shape index (κ1) is 14.9. The van der Waals surface area contributed by atoms with E-state index in [9.17, 15) is 4.79 Å². The molecule has 2 heterocycles. The van der Waals surface area contributed by atoms with Gasteiger partial charge in [-0.05, 0) is 46.7 Å². The van der Waals surface area contributed by atoms with Crippen LogP contribution in [0.1, 0.15) is 11.5 Å². The van der Waals surface area contributed by atoms with Crippen molar-refractivity contribution >= 4 is 33.2 Å². The van der Waals surface area contributed by atoms with Crippen LogP contribution in [0.3, 0.4) is 0 Å². The average Bonchev–Trinajstić information content (AvgIpc) is 3.17. The fraction of sp³-hybridized carbons (Fsp3) is 0.133. The van der Waals surface area contributed by atoms with E-state index in [1.54, 1.807) is 11.3 Å². The van der Waals surface area contributed by atoms with Gasteiger partial charge in [-0.15, -0.1) is 0 Å². The molecule has 0 aliphatic rings. The van der Waals surface area contributed by atoms with Crippen molar-refractivity contribution in [2.75, 3.05) is 0 Å². The largest absolute Gasteiger partial charge is 0.455 e. The standard InChI is InChI=1S/C15H11BrN2O3S/c16-12-3-1-11(2-4-12)15-17-13(21-18-15)8-20-14(19)7-10-5-6-22-9-10/h1-6,9H,7-8H2. The smallest absolute Gasteiger partial charge is 0.310 e. The SMILES string of the molecule is O=C(Cc1ccsc1)OCc1nc(-c2ccc(Br)cc2)no1. The molecule has 0 bridgehead atoms. The van der Waals surface area contributed by atoms with E-state index >= 15 is 0 Å². The van der Waals surface area contributed by atoms with Crippen molar-refractivity contribution < 1.29 is 14.1 Å². The number of ether oxygens (including phenoxy) is 1. The molecule has 0 aliphatic carbocycles. The maximum absolute atomic E-state index is 11.7. The highest BCUT2D eigenvalue weighted by Gasteiger charge is 2.11. The lowest BCUT2D eigenvalue weighted by atomic mass is 10.2. The Balaban J connectivity index is 1.57. The van der Waals surface area contributed by atoms with Crippen LogP contribution in [0.15, 0.2) is 50.1 Å². The van der Waals surface area contributed by atoms with Gasteiger partial charge in [0.05, 0.1) is 6.42 Å². The molecule has 3 rings (SSSR count). The van der Waals surface area contributed by atoms with Crippen molar-refractivity contribution in [1.82, 2.24) is 10.1 Å². The third kappa shape index (κ3) is 3.80. The Morgan fingerprint density at radius 2 is 2.09 bits per heavy atom. The van der Waals surface area contributed by atoms with Gasteiger partial charge in [0.1, 0.15) is 0 Å². The molecule has 0 unspecified atom stereocenters. The first-order valence-corrected chi connectivity index (χ1v) is 8.19. The molecule has 0 saturated heterocycles. The van der Waals surface area contributed by atoms with Crippen LogP contribution < -0.4 is 0 Å². The Bertz CT molecular complexity index is 753. The van der Waals surface area contributed by atoms with E-state index in [0.29, 0.717) is 5.82 Å². The number of benzene rings is 1. The summed E-state index contributed by atoms with van der Waals surface area (Å²) < 4.78 is 11.2. The number of nitrogens with zero attached hydrogens (tertiary/aromatic N) is 2. The maximum Gasteiger partial charge on any atom is 0.310 e. The lowest BCUT2D eigenvalue weighted by molar-refractivity contribution is -0.144. The van der Waals surface area contributed by atoms with Crippen LogP contribution in [-0.2, 0) is 22.6 Å². The minimum Gasteiger partial charge on any atom is -0.455 e. The molecule has 0 saturated carbocycles. The lowest BCUT2D eigenvalue weighted by Gasteiger charge is -1.99. The highest BCUT2D eigenvalue weighted by molar-refractivity contribution is 9.10. The van der Waals surface area contributed by atoms with Gasteiger partial charge in [0.15, 0.2) is 6.61 Å². The van der Waals surface area contributed by atoms with Crippen molar-refractivity contribution in [2.45, 2.75) is 13.0 Å². The fourth-order valence-corrected chi connectivity index (χ4v) is 2.72. The Morgan fingerprint density at radius 3 is 2.82 bits per heavy atom. The number of hydrogen-bond donors (Lipinski definition) is 0. The van der Waals surface area contributed by atoms with Crippen molar-refractivity contribution in [3.63, 3.8) is 0 Å². The van der Waals surface area contributed by atoms with Crippen molar-refractivity contribution in [1.29, 1.82) is 0 Å². The summed E-state index contributed by atoms with van der Waals surface area (Å²) in [5.74, 6) is 0.426. The molecule has 0 spiro atoms. The summed E-state index contributed by atoms with van der Waals surface area (Å²) in [7, 11) is 0. The van der Waals surface area contributed by atoms with Crippen LogP contribution in [0.5, 0.6) is 0 Å². The summed E-state index contributed by atoms with van der Waals surface area (Å²) in [4.78, 5) is 15.9. The van der Waals surface area contributed by atoms with Gasteiger partial charge in [0.2, 0.25) is 5.82 Å². The fourth-order valence-electron chi connectivity index (χ4n) is 1.78. The van der Waals surface area contributed by atoms with Gasteiger partial charge in [-0.2, -0.15) is 16.3 Å². The minimum atomic E-state index is -0.318. The molecule has 2 aromatic heterocycles. The summed E-state index contributed by atoms with van der Waals surface area (Å²) in [5.41, 5.74) is 1.78. The zero-order chi connectivity index (χ0) is 15.4. The average molecular weight is 379 g/mol. The Kier molecular flexibility index (Phi) is 4.65. The van der Waals surface area contributed by atoms with Gasteiger partial charge in [0.25, 0.3) is 5.89 Å².